The molecule has 0 aromatic heterocycles. The van der Waals surface area contributed by atoms with Crippen molar-refractivity contribution in [3.8, 4) is 0 Å². The Hall–Kier alpha value is -1.35. The van der Waals surface area contributed by atoms with Gasteiger partial charge in [-0.1, -0.05) is 37.3 Å². The van der Waals surface area contributed by atoms with Crippen LogP contribution in [0.2, 0.25) is 0 Å². The largest absolute Gasteiger partial charge is 0.352 e. The minimum atomic E-state index is 0.0726. The molecule has 3 heteroatoms. The summed E-state index contributed by atoms with van der Waals surface area (Å²) < 4.78 is 0. The zero-order valence-corrected chi connectivity index (χ0v) is 10.5. The highest BCUT2D eigenvalue weighted by Gasteiger charge is 2.29. The second-order valence-corrected chi connectivity index (χ2v) is 4.96. The molecule has 1 N–H and O–H groups in total. The Morgan fingerprint density at radius 3 is 2.71 bits per heavy atom. The van der Waals surface area contributed by atoms with E-state index in [4.69, 9.17) is 0 Å². The summed E-state index contributed by atoms with van der Waals surface area (Å²) in [6.07, 6.45) is 0. The minimum absolute atomic E-state index is 0.0726. The van der Waals surface area contributed by atoms with Crippen molar-refractivity contribution in [2.45, 2.75) is 26.4 Å². The molecular weight excluding hydrogens is 212 g/mol. The van der Waals surface area contributed by atoms with Crippen LogP contribution >= 0.6 is 0 Å². The average molecular weight is 232 g/mol. The normalized spacial score (nSPS) is 24.8. The standard InChI is InChI=1S/C14H20N2O/c1-11-8-16(10-14(11)15-12(2)17)9-13-6-4-3-5-7-13/h3-7,11,14H,8-10H2,1-2H3,(H,15,17)/t11-,14+/m0/s1. The van der Waals surface area contributed by atoms with Crippen molar-refractivity contribution in [1.82, 2.24) is 10.2 Å². The summed E-state index contributed by atoms with van der Waals surface area (Å²) in [7, 11) is 0. The number of hydrogen-bond acceptors (Lipinski definition) is 2. The lowest BCUT2D eigenvalue weighted by Crippen LogP contribution is -2.38. The van der Waals surface area contributed by atoms with E-state index in [0.29, 0.717) is 12.0 Å². The van der Waals surface area contributed by atoms with E-state index in [-0.39, 0.29) is 5.91 Å². The third-order valence-electron chi connectivity index (χ3n) is 3.33. The number of amides is 1. The van der Waals surface area contributed by atoms with Gasteiger partial charge in [-0.3, -0.25) is 9.69 Å². The maximum atomic E-state index is 11.1. The monoisotopic (exact) mass is 232 g/mol. The maximum absolute atomic E-state index is 11.1. The lowest BCUT2D eigenvalue weighted by Gasteiger charge is -2.16. The molecule has 1 amide bonds. The van der Waals surface area contributed by atoms with Crippen LogP contribution < -0.4 is 5.32 Å². The topological polar surface area (TPSA) is 32.3 Å². The molecule has 1 aromatic carbocycles. The van der Waals surface area contributed by atoms with Gasteiger partial charge in [0.1, 0.15) is 0 Å². The predicted molar refractivity (Wildman–Crippen MR) is 68.5 cm³/mol. The maximum Gasteiger partial charge on any atom is 0.217 e. The van der Waals surface area contributed by atoms with Crippen LogP contribution in [0, 0.1) is 5.92 Å². The van der Waals surface area contributed by atoms with Crippen molar-refractivity contribution in [2.75, 3.05) is 13.1 Å². The lowest BCUT2D eigenvalue weighted by molar-refractivity contribution is -0.119. The van der Waals surface area contributed by atoms with Crippen molar-refractivity contribution in [1.29, 1.82) is 0 Å². The number of likely N-dealkylation sites (tertiary alicyclic amines) is 1. The van der Waals surface area contributed by atoms with Crippen LogP contribution in [0.1, 0.15) is 19.4 Å². The SMILES string of the molecule is CC(=O)N[C@@H]1CN(Cc2ccccc2)C[C@@H]1C. The molecule has 17 heavy (non-hydrogen) atoms. The van der Waals surface area contributed by atoms with Crippen LogP contribution in [0.3, 0.4) is 0 Å². The number of benzene rings is 1. The summed E-state index contributed by atoms with van der Waals surface area (Å²) in [5.41, 5.74) is 1.34. The Morgan fingerprint density at radius 2 is 2.06 bits per heavy atom. The van der Waals surface area contributed by atoms with Gasteiger partial charge in [-0.2, -0.15) is 0 Å². The zero-order valence-electron chi connectivity index (χ0n) is 10.5. The molecular formula is C14H20N2O. The van der Waals surface area contributed by atoms with Gasteiger partial charge >= 0.3 is 0 Å². The molecule has 1 saturated heterocycles. The fourth-order valence-electron chi connectivity index (χ4n) is 2.49. The second-order valence-electron chi connectivity index (χ2n) is 4.96. The van der Waals surface area contributed by atoms with Crippen molar-refractivity contribution in [3.63, 3.8) is 0 Å². The Kier molecular flexibility index (Phi) is 3.79. The van der Waals surface area contributed by atoms with Gasteiger partial charge in [-0.05, 0) is 11.5 Å². The Labute approximate surface area is 103 Å². The fourth-order valence-corrected chi connectivity index (χ4v) is 2.49. The summed E-state index contributed by atoms with van der Waals surface area (Å²) >= 11 is 0. The first kappa shape index (κ1) is 12.1. The number of nitrogens with one attached hydrogen (secondary N) is 1. The lowest BCUT2D eigenvalue weighted by atomic mass is 10.1. The highest BCUT2D eigenvalue weighted by atomic mass is 16.1. The zero-order chi connectivity index (χ0) is 12.3. The molecule has 0 saturated carbocycles. The van der Waals surface area contributed by atoms with Crippen LogP contribution in [0.25, 0.3) is 0 Å². The average Bonchev–Trinajstić information content (AvgIpc) is 2.59. The molecule has 0 radical (unpaired) electrons. The van der Waals surface area contributed by atoms with E-state index in [1.54, 1.807) is 6.92 Å². The van der Waals surface area contributed by atoms with Crippen LogP contribution in [0.15, 0.2) is 30.3 Å². The molecule has 92 valence electrons. The number of carbonyl (C=O) groups is 1. The first-order valence-corrected chi connectivity index (χ1v) is 6.18. The summed E-state index contributed by atoms with van der Waals surface area (Å²) in [4.78, 5) is 13.5. The van der Waals surface area contributed by atoms with Crippen molar-refractivity contribution in [3.05, 3.63) is 35.9 Å². The van der Waals surface area contributed by atoms with Gasteiger partial charge in [0.2, 0.25) is 5.91 Å². The van der Waals surface area contributed by atoms with Crippen molar-refractivity contribution < 1.29 is 4.79 Å². The number of hydrogen-bond donors (Lipinski definition) is 1. The third-order valence-corrected chi connectivity index (χ3v) is 3.33. The van der Waals surface area contributed by atoms with Crippen LogP contribution in [-0.2, 0) is 11.3 Å². The number of carbonyl (C=O) groups excluding carboxylic acids is 1. The van der Waals surface area contributed by atoms with E-state index in [2.05, 4.69) is 41.4 Å². The summed E-state index contributed by atoms with van der Waals surface area (Å²) in [5, 5.41) is 3.03. The number of rotatable bonds is 3. The van der Waals surface area contributed by atoms with E-state index in [9.17, 15) is 4.79 Å². The molecule has 1 aliphatic heterocycles. The molecule has 2 atom stereocenters. The minimum Gasteiger partial charge on any atom is -0.352 e. The Morgan fingerprint density at radius 1 is 1.35 bits per heavy atom. The van der Waals surface area contributed by atoms with Crippen molar-refractivity contribution in [2.24, 2.45) is 5.92 Å². The first-order valence-electron chi connectivity index (χ1n) is 6.18. The van der Waals surface area contributed by atoms with Crippen LogP contribution in [-0.4, -0.2) is 29.9 Å². The molecule has 0 bridgehead atoms. The molecule has 0 aliphatic carbocycles. The molecule has 1 heterocycles. The van der Waals surface area contributed by atoms with Gasteiger partial charge in [-0.15, -0.1) is 0 Å². The van der Waals surface area contributed by atoms with Gasteiger partial charge in [0.25, 0.3) is 0 Å². The van der Waals surface area contributed by atoms with Crippen molar-refractivity contribution >= 4 is 5.91 Å². The van der Waals surface area contributed by atoms with Crippen LogP contribution in [0.5, 0.6) is 0 Å². The summed E-state index contributed by atoms with van der Waals surface area (Å²) in [5.74, 6) is 0.603. The van der Waals surface area contributed by atoms with Gasteiger partial charge in [0, 0.05) is 32.6 Å². The molecule has 1 fully saturated rings. The Bertz CT molecular complexity index is 377. The number of nitrogens with zero attached hydrogens (tertiary/aromatic N) is 1. The highest BCUT2D eigenvalue weighted by molar-refractivity contribution is 5.73. The Balaban J connectivity index is 1.91. The predicted octanol–water partition coefficient (Wildman–Crippen LogP) is 1.64. The van der Waals surface area contributed by atoms with Gasteiger partial charge in [0.05, 0.1) is 0 Å². The molecule has 2 rings (SSSR count). The van der Waals surface area contributed by atoms with Gasteiger partial charge in [-0.25, -0.2) is 0 Å². The fraction of sp³-hybridized carbons (Fsp3) is 0.500. The molecule has 1 aliphatic rings. The van der Waals surface area contributed by atoms with Gasteiger partial charge in [0.15, 0.2) is 0 Å². The van der Waals surface area contributed by atoms with Gasteiger partial charge < -0.3 is 5.32 Å². The van der Waals surface area contributed by atoms with Crippen LogP contribution in [0.4, 0.5) is 0 Å². The molecule has 1 aromatic rings. The van der Waals surface area contributed by atoms with E-state index >= 15 is 0 Å². The molecule has 3 nitrogen and oxygen atoms in total. The third kappa shape index (κ3) is 3.30. The highest BCUT2D eigenvalue weighted by Crippen LogP contribution is 2.18. The molecule has 0 unspecified atom stereocenters. The first-order chi connectivity index (χ1) is 8.15. The smallest absolute Gasteiger partial charge is 0.217 e. The van der Waals surface area contributed by atoms with E-state index in [1.807, 2.05) is 6.07 Å². The summed E-state index contributed by atoms with van der Waals surface area (Å²) in [6.45, 7) is 6.77. The van der Waals surface area contributed by atoms with E-state index in [1.165, 1.54) is 5.56 Å². The quantitative estimate of drug-likeness (QED) is 0.859. The van der Waals surface area contributed by atoms with E-state index < -0.39 is 0 Å². The molecule has 0 spiro atoms. The second kappa shape index (κ2) is 5.32. The van der Waals surface area contributed by atoms with E-state index in [0.717, 1.165) is 19.6 Å². The summed E-state index contributed by atoms with van der Waals surface area (Å²) in [6, 6.07) is 10.8.